The summed E-state index contributed by atoms with van der Waals surface area (Å²) in [5, 5.41) is 0.901. The normalized spacial score (nSPS) is 10.6. The highest BCUT2D eigenvalue weighted by Crippen LogP contribution is 2.34. The first-order valence-corrected chi connectivity index (χ1v) is 7.94. The Labute approximate surface area is 141 Å². The number of para-hydroxylation sites is 1. The van der Waals surface area contributed by atoms with Crippen LogP contribution in [0.25, 0.3) is 22.1 Å². The van der Waals surface area contributed by atoms with E-state index in [0.717, 1.165) is 27.8 Å². The van der Waals surface area contributed by atoms with E-state index < -0.39 is 0 Å². The van der Waals surface area contributed by atoms with Crippen LogP contribution >= 0.6 is 0 Å². The number of fused-ring (bicyclic) bond motifs is 1. The van der Waals surface area contributed by atoms with Crippen LogP contribution in [0.3, 0.4) is 0 Å². The summed E-state index contributed by atoms with van der Waals surface area (Å²) in [6, 6.07) is 15.2. The largest absolute Gasteiger partial charge is 0.489 e. The topological polar surface area (TPSA) is 39.4 Å². The van der Waals surface area contributed by atoms with E-state index in [4.69, 9.17) is 9.15 Å². The van der Waals surface area contributed by atoms with Crippen LogP contribution in [0.5, 0.6) is 5.75 Å². The van der Waals surface area contributed by atoms with Gasteiger partial charge in [0.05, 0.1) is 0 Å². The first-order chi connectivity index (χ1) is 11.5. The maximum atomic E-state index is 12.0. The van der Waals surface area contributed by atoms with Crippen LogP contribution in [-0.4, -0.2) is 6.61 Å². The molecule has 0 fully saturated rings. The molecule has 0 aliphatic heterocycles. The third-order valence-corrected chi connectivity index (χ3v) is 3.81. The van der Waals surface area contributed by atoms with Crippen molar-refractivity contribution in [1.82, 2.24) is 0 Å². The summed E-state index contributed by atoms with van der Waals surface area (Å²) in [7, 11) is 0. The molecular formula is C21H20O3. The monoisotopic (exact) mass is 320 g/mol. The van der Waals surface area contributed by atoms with Crippen molar-refractivity contribution >= 4 is 11.0 Å². The van der Waals surface area contributed by atoms with E-state index in [-0.39, 0.29) is 5.63 Å². The van der Waals surface area contributed by atoms with E-state index in [1.54, 1.807) is 0 Å². The van der Waals surface area contributed by atoms with Gasteiger partial charge in [-0.05, 0) is 44.5 Å². The Balaban J connectivity index is 2.14. The summed E-state index contributed by atoms with van der Waals surface area (Å²) in [5.74, 6) is 0.752. The van der Waals surface area contributed by atoms with Crippen molar-refractivity contribution in [3.8, 4) is 16.9 Å². The molecule has 0 spiro atoms. The van der Waals surface area contributed by atoms with Crippen LogP contribution < -0.4 is 10.4 Å². The Bertz CT molecular complexity index is 960. The number of benzene rings is 2. The van der Waals surface area contributed by atoms with Gasteiger partial charge in [-0.25, -0.2) is 4.79 Å². The molecule has 24 heavy (non-hydrogen) atoms. The zero-order valence-corrected chi connectivity index (χ0v) is 14.1. The number of aryl methyl sites for hydroxylation is 1. The highest BCUT2D eigenvalue weighted by Gasteiger charge is 2.12. The molecule has 0 N–H and O–H groups in total. The van der Waals surface area contributed by atoms with Gasteiger partial charge in [-0.1, -0.05) is 35.9 Å². The highest BCUT2D eigenvalue weighted by atomic mass is 16.5. The zero-order chi connectivity index (χ0) is 17.1. The predicted molar refractivity (Wildman–Crippen MR) is 97.6 cm³/mol. The SMILES string of the molecule is CC(C)=CCOc1ccccc1-c1cc(=O)oc2cc(C)ccc12. The van der Waals surface area contributed by atoms with Gasteiger partial charge in [0.1, 0.15) is 17.9 Å². The lowest BCUT2D eigenvalue weighted by Crippen LogP contribution is -2.01. The molecule has 0 aliphatic rings. The summed E-state index contributed by atoms with van der Waals surface area (Å²) in [6.45, 7) is 6.54. The fourth-order valence-electron chi connectivity index (χ4n) is 2.61. The first kappa shape index (κ1) is 16.1. The van der Waals surface area contributed by atoms with Crippen LogP contribution in [0.15, 0.2) is 69.4 Å². The van der Waals surface area contributed by atoms with Gasteiger partial charge in [0.2, 0.25) is 0 Å². The van der Waals surface area contributed by atoms with Crippen LogP contribution in [0.2, 0.25) is 0 Å². The fourth-order valence-corrected chi connectivity index (χ4v) is 2.61. The molecule has 0 saturated carbocycles. The second-order valence-electron chi connectivity index (χ2n) is 6.07. The quantitative estimate of drug-likeness (QED) is 0.495. The van der Waals surface area contributed by atoms with Gasteiger partial charge < -0.3 is 9.15 Å². The van der Waals surface area contributed by atoms with E-state index in [1.807, 2.05) is 69.3 Å². The van der Waals surface area contributed by atoms with Crippen molar-refractivity contribution in [1.29, 1.82) is 0 Å². The standard InChI is InChI=1S/C21H20O3/c1-14(2)10-11-23-19-7-5-4-6-16(19)18-13-21(22)24-20-12-15(3)8-9-17(18)20/h4-10,12-13H,11H2,1-3H3. The van der Waals surface area contributed by atoms with E-state index in [1.165, 1.54) is 11.6 Å². The molecule has 3 aromatic rings. The molecule has 3 rings (SSSR count). The number of hydrogen-bond donors (Lipinski definition) is 0. The van der Waals surface area contributed by atoms with E-state index in [9.17, 15) is 4.79 Å². The minimum atomic E-state index is -0.359. The predicted octanol–water partition coefficient (Wildman–Crippen LogP) is 5.11. The van der Waals surface area contributed by atoms with Crippen molar-refractivity contribution in [2.75, 3.05) is 6.61 Å². The van der Waals surface area contributed by atoms with Crippen LogP contribution in [-0.2, 0) is 0 Å². The average molecular weight is 320 g/mol. The van der Waals surface area contributed by atoms with Crippen molar-refractivity contribution in [2.24, 2.45) is 0 Å². The number of hydrogen-bond acceptors (Lipinski definition) is 3. The van der Waals surface area contributed by atoms with Gasteiger partial charge in [-0.3, -0.25) is 0 Å². The van der Waals surface area contributed by atoms with Gasteiger partial charge in [-0.2, -0.15) is 0 Å². The molecule has 0 atom stereocenters. The Kier molecular flexibility index (Phi) is 4.52. The van der Waals surface area contributed by atoms with Crippen molar-refractivity contribution in [3.63, 3.8) is 0 Å². The Morgan fingerprint density at radius 3 is 2.67 bits per heavy atom. The average Bonchev–Trinajstić information content (AvgIpc) is 2.54. The molecule has 0 unspecified atom stereocenters. The third kappa shape index (κ3) is 3.40. The Morgan fingerprint density at radius 2 is 1.88 bits per heavy atom. The molecule has 0 saturated heterocycles. The molecule has 122 valence electrons. The molecule has 0 aliphatic carbocycles. The van der Waals surface area contributed by atoms with Gasteiger partial charge in [0.25, 0.3) is 0 Å². The smallest absolute Gasteiger partial charge is 0.336 e. The zero-order valence-electron chi connectivity index (χ0n) is 14.1. The maximum absolute atomic E-state index is 12.0. The summed E-state index contributed by atoms with van der Waals surface area (Å²) >= 11 is 0. The van der Waals surface area contributed by atoms with Crippen molar-refractivity contribution < 1.29 is 9.15 Å². The van der Waals surface area contributed by atoms with Crippen molar-refractivity contribution in [3.05, 3.63) is 76.2 Å². The molecule has 0 amide bonds. The molecule has 3 heteroatoms. The first-order valence-electron chi connectivity index (χ1n) is 7.94. The maximum Gasteiger partial charge on any atom is 0.336 e. The summed E-state index contributed by atoms with van der Waals surface area (Å²) in [6.07, 6.45) is 2.03. The number of allylic oxidation sites excluding steroid dienone is 1. The lowest BCUT2D eigenvalue weighted by atomic mass is 10.0. The van der Waals surface area contributed by atoms with Gasteiger partial charge in [-0.15, -0.1) is 0 Å². The Hall–Kier alpha value is -2.81. The van der Waals surface area contributed by atoms with Gasteiger partial charge >= 0.3 is 5.63 Å². The lowest BCUT2D eigenvalue weighted by molar-refractivity contribution is 0.363. The minimum Gasteiger partial charge on any atom is -0.489 e. The summed E-state index contributed by atoms with van der Waals surface area (Å²) < 4.78 is 11.3. The second kappa shape index (κ2) is 6.75. The van der Waals surface area contributed by atoms with Gasteiger partial charge in [0.15, 0.2) is 0 Å². The minimum absolute atomic E-state index is 0.359. The fraction of sp³-hybridized carbons (Fsp3) is 0.190. The van der Waals surface area contributed by atoms with Crippen LogP contribution in [0.1, 0.15) is 19.4 Å². The lowest BCUT2D eigenvalue weighted by Gasteiger charge is -2.12. The van der Waals surface area contributed by atoms with Crippen LogP contribution in [0, 0.1) is 6.92 Å². The Morgan fingerprint density at radius 1 is 1.08 bits per heavy atom. The van der Waals surface area contributed by atoms with E-state index >= 15 is 0 Å². The van der Waals surface area contributed by atoms with Crippen LogP contribution in [0.4, 0.5) is 0 Å². The molecule has 3 nitrogen and oxygen atoms in total. The molecule has 0 radical (unpaired) electrons. The molecular weight excluding hydrogens is 300 g/mol. The van der Waals surface area contributed by atoms with E-state index in [0.29, 0.717) is 12.2 Å². The molecule has 1 aromatic heterocycles. The third-order valence-electron chi connectivity index (χ3n) is 3.81. The molecule has 1 heterocycles. The summed E-state index contributed by atoms with van der Waals surface area (Å²) in [4.78, 5) is 12.0. The number of rotatable bonds is 4. The highest BCUT2D eigenvalue weighted by molar-refractivity contribution is 5.95. The van der Waals surface area contributed by atoms with E-state index in [2.05, 4.69) is 0 Å². The summed E-state index contributed by atoms with van der Waals surface area (Å²) in [5.41, 5.74) is 4.21. The number of ether oxygens (including phenoxy) is 1. The molecule has 2 aromatic carbocycles. The van der Waals surface area contributed by atoms with Crippen molar-refractivity contribution in [2.45, 2.75) is 20.8 Å². The molecule has 0 bridgehead atoms. The second-order valence-corrected chi connectivity index (χ2v) is 6.07. The van der Waals surface area contributed by atoms with Gasteiger partial charge in [0, 0.05) is 22.6 Å².